The minimum atomic E-state index is 0.489. The summed E-state index contributed by atoms with van der Waals surface area (Å²) in [5.41, 5.74) is 8.40. The van der Waals surface area contributed by atoms with Crippen LogP contribution in [0.3, 0.4) is 0 Å². The van der Waals surface area contributed by atoms with Crippen molar-refractivity contribution in [1.82, 2.24) is 14.5 Å². The molecule has 2 aliphatic rings. The maximum absolute atomic E-state index is 6.24. The molecule has 2 atom stereocenters. The molecule has 1 aromatic heterocycles. The van der Waals surface area contributed by atoms with Crippen molar-refractivity contribution in [2.45, 2.75) is 50.2 Å². The Kier molecular flexibility index (Phi) is 3.23. The van der Waals surface area contributed by atoms with Crippen LogP contribution in [0.15, 0.2) is 22.7 Å². The van der Waals surface area contributed by atoms with Crippen LogP contribution in [0.25, 0.3) is 11.0 Å². The number of nitrogens with zero attached hydrogens (tertiary/aromatic N) is 3. The summed E-state index contributed by atoms with van der Waals surface area (Å²) < 4.78 is 3.33. The van der Waals surface area contributed by atoms with E-state index in [0.29, 0.717) is 24.1 Å². The van der Waals surface area contributed by atoms with Crippen LogP contribution in [0.4, 0.5) is 5.95 Å². The van der Waals surface area contributed by atoms with Gasteiger partial charge in [-0.3, -0.25) is 0 Å². The highest BCUT2D eigenvalue weighted by molar-refractivity contribution is 9.10. The van der Waals surface area contributed by atoms with E-state index in [0.717, 1.165) is 9.99 Å². The molecule has 2 aliphatic heterocycles. The second kappa shape index (κ2) is 4.99. The Morgan fingerprint density at radius 2 is 1.90 bits per heavy atom. The maximum Gasteiger partial charge on any atom is 0.201 e. The number of rotatable bonds is 1. The van der Waals surface area contributed by atoms with Crippen LogP contribution in [-0.2, 0) is 0 Å². The zero-order valence-electron chi connectivity index (χ0n) is 12.3. The lowest BCUT2D eigenvalue weighted by Crippen LogP contribution is -2.50. The van der Waals surface area contributed by atoms with Crippen molar-refractivity contribution < 1.29 is 0 Å². The molecule has 4 rings (SSSR count). The van der Waals surface area contributed by atoms with Crippen molar-refractivity contribution in [2.75, 3.05) is 12.8 Å². The largest absolute Gasteiger partial charge is 0.369 e. The summed E-state index contributed by atoms with van der Waals surface area (Å²) in [6, 6.07) is 8.16. The molecule has 3 heterocycles. The highest BCUT2D eigenvalue weighted by Crippen LogP contribution is 2.40. The van der Waals surface area contributed by atoms with E-state index in [1.165, 1.54) is 37.6 Å². The summed E-state index contributed by atoms with van der Waals surface area (Å²) in [4.78, 5) is 7.15. The van der Waals surface area contributed by atoms with Crippen LogP contribution < -0.4 is 5.73 Å². The van der Waals surface area contributed by atoms with Gasteiger partial charge in [-0.25, -0.2) is 4.98 Å². The number of fused-ring (bicyclic) bond motifs is 3. The molecule has 0 spiro atoms. The quantitative estimate of drug-likeness (QED) is 0.856. The van der Waals surface area contributed by atoms with Gasteiger partial charge in [-0.2, -0.15) is 0 Å². The number of piperidine rings is 2. The standard InChI is InChI=1S/C16H21BrN4/c1-20-11-3-2-4-12(20)9-13(8-11)21-15-6-5-10(17)7-14(15)19-16(21)18/h5-7,11-13H,2-4,8-9H2,1H3,(H2,18,19). The first-order valence-electron chi connectivity index (χ1n) is 7.78. The molecule has 0 radical (unpaired) electrons. The van der Waals surface area contributed by atoms with E-state index >= 15 is 0 Å². The van der Waals surface area contributed by atoms with Crippen LogP contribution in [0, 0.1) is 0 Å². The predicted molar refractivity (Wildman–Crippen MR) is 89.3 cm³/mol. The van der Waals surface area contributed by atoms with Crippen LogP contribution in [-0.4, -0.2) is 33.6 Å². The van der Waals surface area contributed by atoms with Gasteiger partial charge in [-0.15, -0.1) is 0 Å². The number of nitrogens with two attached hydrogens (primary N) is 1. The average Bonchev–Trinajstić information content (AvgIpc) is 2.73. The second-order valence-corrected chi connectivity index (χ2v) is 7.42. The number of hydrogen-bond donors (Lipinski definition) is 1. The smallest absolute Gasteiger partial charge is 0.201 e. The Balaban J connectivity index is 1.75. The van der Waals surface area contributed by atoms with E-state index in [1.807, 2.05) is 0 Å². The number of imidazole rings is 1. The number of hydrogen-bond acceptors (Lipinski definition) is 3. The van der Waals surface area contributed by atoms with Crippen molar-refractivity contribution in [3.05, 3.63) is 22.7 Å². The third kappa shape index (κ3) is 2.18. The van der Waals surface area contributed by atoms with Gasteiger partial charge in [0, 0.05) is 22.6 Å². The lowest BCUT2D eigenvalue weighted by atomic mass is 9.82. The molecule has 2 aromatic rings. The molecule has 0 amide bonds. The van der Waals surface area contributed by atoms with E-state index < -0.39 is 0 Å². The Morgan fingerprint density at radius 1 is 1.19 bits per heavy atom. The van der Waals surface area contributed by atoms with Gasteiger partial charge in [0.2, 0.25) is 5.95 Å². The molecule has 21 heavy (non-hydrogen) atoms. The fourth-order valence-electron chi connectivity index (χ4n) is 4.27. The predicted octanol–water partition coefficient (Wildman–Crippen LogP) is 3.57. The molecule has 2 N–H and O–H groups in total. The molecule has 0 aliphatic carbocycles. The molecule has 4 nitrogen and oxygen atoms in total. The Hall–Kier alpha value is -1.07. The number of nitrogen functional groups attached to an aromatic ring is 1. The zero-order chi connectivity index (χ0) is 14.6. The molecule has 2 bridgehead atoms. The lowest BCUT2D eigenvalue weighted by molar-refractivity contribution is 0.0415. The topological polar surface area (TPSA) is 47.1 Å². The van der Waals surface area contributed by atoms with E-state index in [-0.39, 0.29) is 0 Å². The highest BCUT2D eigenvalue weighted by Gasteiger charge is 2.37. The van der Waals surface area contributed by atoms with Crippen LogP contribution in [0.2, 0.25) is 0 Å². The third-order valence-corrected chi connectivity index (χ3v) is 5.85. The molecule has 112 valence electrons. The second-order valence-electron chi connectivity index (χ2n) is 6.50. The van der Waals surface area contributed by atoms with Crippen molar-refractivity contribution in [3.63, 3.8) is 0 Å². The van der Waals surface area contributed by atoms with Crippen molar-refractivity contribution in [1.29, 1.82) is 0 Å². The van der Waals surface area contributed by atoms with Gasteiger partial charge in [0.15, 0.2) is 0 Å². The van der Waals surface area contributed by atoms with E-state index in [4.69, 9.17) is 5.73 Å². The number of anilines is 1. The molecular formula is C16H21BrN4. The normalized spacial score (nSPS) is 29.9. The molecule has 2 unspecified atom stereocenters. The molecule has 1 aromatic carbocycles. The summed E-state index contributed by atoms with van der Waals surface area (Å²) in [7, 11) is 2.29. The van der Waals surface area contributed by atoms with Crippen LogP contribution in [0.5, 0.6) is 0 Å². The molecular weight excluding hydrogens is 328 g/mol. The lowest BCUT2D eigenvalue weighted by Gasteiger charge is -2.47. The molecule has 2 fully saturated rings. The first-order valence-corrected chi connectivity index (χ1v) is 8.57. The Bertz CT molecular complexity index is 666. The third-order valence-electron chi connectivity index (χ3n) is 5.36. The van der Waals surface area contributed by atoms with Gasteiger partial charge in [0.1, 0.15) is 0 Å². The van der Waals surface area contributed by atoms with Gasteiger partial charge < -0.3 is 15.2 Å². The minimum absolute atomic E-state index is 0.489. The first kappa shape index (κ1) is 13.6. The van der Waals surface area contributed by atoms with Crippen LogP contribution >= 0.6 is 15.9 Å². The fourth-order valence-corrected chi connectivity index (χ4v) is 4.62. The Morgan fingerprint density at radius 3 is 2.62 bits per heavy atom. The van der Waals surface area contributed by atoms with Gasteiger partial charge in [-0.05, 0) is 50.9 Å². The monoisotopic (exact) mass is 348 g/mol. The van der Waals surface area contributed by atoms with Crippen LogP contribution in [0.1, 0.15) is 38.1 Å². The minimum Gasteiger partial charge on any atom is -0.369 e. The highest BCUT2D eigenvalue weighted by atomic mass is 79.9. The SMILES string of the molecule is CN1C2CCCC1CC(n1c(N)nc3cc(Br)ccc31)C2. The zero-order valence-corrected chi connectivity index (χ0v) is 13.9. The number of aromatic nitrogens is 2. The molecule has 0 saturated carbocycles. The van der Waals surface area contributed by atoms with E-state index in [1.54, 1.807) is 0 Å². The number of benzene rings is 1. The van der Waals surface area contributed by atoms with Crippen molar-refractivity contribution in [3.8, 4) is 0 Å². The van der Waals surface area contributed by atoms with Gasteiger partial charge >= 0.3 is 0 Å². The van der Waals surface area contributed by atoms with Crippen molar-refractivity contribution >= 4 is 32.9 Å². The van der Waals surface area contributed by atoms with Gasteiger partial charge in [-0.1, -0.05) is 22.4 Å². The summed E-state index contributed by atoms with van der Waals surface area (Å²) in [5.74, 6) is 0.663. The van der Waals surface area contributed by atoms with Crippen molar-refractivity contribution in [2.24, 2.45) is 0 Å². The molecule has 2 saturated heterocycles. The summed E-state index contributed by atoms with van der Waals surface area (Å²) in [6.07, 6.45) is 6.40. The summed E-state index contributed by atoms with van der Waals surface area (Å²) >= 11 is 3.51. The average molecular weight is 349 g/mol. The van der Waals surface area contributed by atoms with E-state index in [2.05, 4.69) is 55.6 Å². The summed E-state index contributed by atoms with van der Waals surface area (Å²) in [6.45, 7) is 0. The maximum atomic E-state index is 6.24. The van der Waals surface area contributed by atoms with E-state index in [9.17, 15) is 0 Å². The fraction of sp³-hybridized carbons (Fsp3) is 0.562. The summed E-state index contributed by atoms with van der Waals surface area (Å²) in [5, 5.41) is 0. The first-order chi connectivity index (χ1) is 10.1. The number of halogens is 1. The molecule has 5 heteroatoms. The Labute approximate surface area is 133 Å². The van der Waals surface area contributed by atoms with Gasteiger partial charge in [0.25, 0.3) is 0 Å². The van der Waals surface area contributed by atoms with Gasteiger partial charge in [0.05, 0.1) is 11.0 Å².